The Morgan fingerprint density at radius 2 is 2.05 bits per heavy atom. The summed E-state index contributed by atoms with van der Waals surface area (Å²) in [7, 11) is 0. The van der Waals surface area contributed by atoms with Crippen molar-refractivity contribution in [1.29, 1.82) is 0 Å². The number of nitrogens with zero attached hydrogens (tertiary/aromatic N) is 3. The van der Waals surface area contributed by atoms with E-state index in [2.05, 4.69) is 26.9 Å². The van der Waals surface area contributed by atoms with Crippen molar-refractivity contribution in [2.75, 3.05) is 0 Å². The Bertz CT molecular complexity index is 655. The molecule has 0 amide bonds. The van der Waals surface area contributed by atoms with Gasteiger partial charge in [-0.2, -0.15) is 0 Å². The van der Waals surface area contributed by atoms with Crippen LogP contribution in [-0.4, -0.2) is 20.5 Å². The molecule has 1 aliphatic carbocycles. The number of hydrogen-bond acceptors (Lipinski definition) is 3. The maximum atomic E-state index is 12.5. The molecule has 1 fully saturated rings. The fourth-order valence-corrected chi connectivity index (χ4v) is 3.62. The van der Waals surface area contributed by atoms with Crippen molar-refractivity contribution in [2.45, 2.75) is 38.1 Å². The molecule has 0 spiro atoms. The number of carbonyl (C=O) groups excluding carboxylic acids is 1. The molecule has 0 bridgehead atoms. The molecule has 20 heavy (non-hydrogen) atoms. The van der Waals surface area contributed by atoms with Crippen molar-refractivity contribution in [2.24, 2.45) is 5.92 Å². The third-order valence-corrected chi connectivity index (χ3v) is 4.67. The number of carbonyl (C=O) groups is 1. The molecule has 1 aromatic heterocycles. The molecule has 1 unspecified atom stereocenters. The van der Waals surface area contributed by atoms with Gasteiger partial charge in [-0.15, -0.1) is 10.2 Å². The van der Waals surface area contributed by atoms with E-state index in [4.69, 9.17) is 0 Å². The summed E-state index contributed by atoms with van der Waals surface area (Å²) in [5.41, 5.74) is 2.33. The molecule has 1 saturated carbocycles. The van der Waals surface area contributed by atoms with E-state index in [9.17, 15) is 4.79 Å². The zero-order valence-corrected chi connectivity index (χ0v) is 11.3. The molecule has 0 saturated heterocycles. The van der Waals surface area contributed by atoms with Crippen LogP contribution >= 0.6 is 0 Å². The van der Waals surface area contributed by atoms with E-state index in [1.807, 2.05) is 12.1 Å². The van der Waals surface area contributed by atoms with Gasteiger partial charge in [-0.25, -0.2) is 0 Å². The third kappa shape index (κ3) is 1.71. The molecule has 4 rings (SSSR count). The molecule has 0 radical (unpaired) electrons. The van der Waals surface area contributed by atoms with Crippen LogP contribution in [0.1, 0.15) is 43.7 Å². The molecule has 1 aromatic carbocycles. The third-order valence-electron chi connectivity index (χ3n) is 4.67. The standard InChI is InChI=1S/C16H17N3O/c20-15(11-5-1-2-6-11)9-14-12-7-3-4-8-13(12)16-18-17-10-19(14)16/h3-4,7-8,10-11,14H,1-2,5-6,9H2. The van der Waals surface area contributed by atoms with E-state index in [-0.39, 0.29) is 12.0 Å². The monoisotopic (exact) mass is 267 g/mol. The summed E-state index contributed by atoms with van der Waals surface area (Å²) in [6.45, 7) is 0. The topological polar surface area (TPSA) is 47.8 Å². The first-order chi connectivity index (χ1) is 9.84. The number of ketones is 1. The lowest BCUT2D eigenvalue weighted by Crippen LogP contribution is -2.17. The quantitative estimate of drug-likeness (QED) is 0.859. The number of hydrogen-bond donors (Lipinski definition) is 0. The van der Waals surface area contributed by atoms with E-state index >= 15 is 0 Å². The second-order valence-electron chi connectivity index (χ2n) is 5.82. The Morgan fingerprint density at radius 1 is 1.25 bits per heavy atom. The average Bonchev–Trinajstić information content (AvgIpc) is 3.17. The van der Waals surface area contributed by atoms with Crippen LogP contribution in [0.15, 0.2) is 30.6 Å². The predicted molar refractivity (Wildman–Crippen MR) is 75.2 cm³/mol. The van der Waals surface area contributed by atoms with Crippen LogP contribution in [0.4, 0.5) is 0 Å². The predicted octanol–water partition coefficient (Wildman–Crippen LogP) is 3.00. The summed E-state index contributed by atoms with van der Waals surface area (Å²) < 4.78 is 2.05. The summed E-state index contributed by atoms with van der Waals surface area (Å²) in [6, 6.07) is 8.31. The Hall–Kier alpha value is -1.97. The van der Waals surface area contributed by atoms with Gasteiger partial charge in [0.1, 0.15) is 12.1 Å². The first-order valence-corrected chi connectivity index (χ1v) is 7.36. The molecule has 1 aliphatic heterocycles. The van der Waals surface area contributed by atoms with E-state index in [1.54, 1.807) is 6.33 Å². The molecule has 102 valence electrons. The molecule has 2 heterocycles. The van der Waals surface area contributed by atoms with Crippen LogP contribution in [0.3, 0.4) is 0 Å². The highest BCUT2D eigenvalue weighted by Gasteiger charge is 2.33. The van der Waals surface area contributed by atoms with Crippen LogP contribution < -0.4 is 0 Å². The van der Waals surface area contributed by atoms with E-state index < -0.39 is 0 Å². The van der Waals surface area contributed by atoms with Crippen LogP contribution in [0, 0.1) is 5.92 Å². The van der Waals surface area contributed by atoms with Crippen molar-refractivity contribution >= 4 is 5.78 Å². The summed E-state index contributed by atoms with van der Waals surface area (Å²) in [5, 5.41) is 8.19. The number of Topliss-reactive ketones (excluding diaryl/α,β-unsaturated/α-hetero) is 1. The number of benzene rings is 1. The molecule has 1 atom stereocenters. The van der Waals surface area contributed by atoms with Gasteiger partial charge in [-0.05, 0) is 18.4 Å². The van der Waals surface area contributed by atoms with Crippen molar-refractivity contribution < 1.29 is 4.79 Å². The van der Waals surface area contributed by atoms with Crippen LogP contribution in [-0.2, 0) is 4.79 Å². The summed E-state index contributed by atoms with van der Waals surface area (Å²) >= 11 is 0. The molecule has 2 aromatic rings. The van der Waals surface area contributed by atoms with Gasteiger partial charge >= 0.3 is 0 Å². The smallest absolute Gasteiger partial charge is 0.164 e. The number of fused-ring (bicyclic) bond motifs is 3. The maximum absolute atomic E-state index is 12.5. The molecule has 4 nitrogen and oxygen atoms in total. The fraction of sp³-hybridized carbons (Fsp3) is 0.438. The Kier molecular flexibility index (Phi) is 2.69. The van der Waals surface area contributed by atoms with Crippen LogP contribution in [0.2, 0.25) is 0 Å². The molecule has 4 heteroatoms. The lowest BCUT2D eigenvalue weighted by Gasteiger charge is -2.16. The minimum Gasteiger partial charge on any atom is -0.305 e. The van der Waals surface area contributed by atoms with E-state index in [0.29, 0.717) is 12.2 Å². The first kappa shape index (κ1) is 11.8. The first-order valence-electron chi connectivity index (χ1n) is 7.36. The van der Waals surface area contributed by atoms with Gasteiger partial charge in [0.05, 0.1) is 6.04 Å². The SMILES string of the molecule is O=C(CC1c2ccccc2-c2nncn21)C1CCCC1. The Morgan fingerprint density at radius 3 is 2.90 bits per heavy atom. The van der Waals surface area contributed by atoms with Crippen LogP contribution in [0.25, 0.3) is 11.4 Å². The Labute approximate surface area is 117 Å². The maximum Gasteiger partial charge on any atom is 0.164 e. The van der Waals surface area contributed by atoms with Crippen molar-refractivity contribution in [3.05, 3.63) is 36.2 Å². The highest BCUT2D eigenvalue weighted by Crippen LogP contribution is 2.40. The minimum atomic E-state index is 0.0873. The second kappa shape index (κ2) is 4.54. The largest absolute Gasteiger partial charge is 0.305 e. The average molecular weight is 267 g/mol. The zero-order valence-electron chi connectivity index (χ0n) is 11.3. The summed E-state index contributed by atoms with van der Waals surface area (Å²) in [6.07, 6.45) is 6.88. The van der Waals surface area contributed by atoms with Crippen molar-refractivity contribution in [3.63, 3.8) is 0 Å². The van der Waals surface area contributed by atoms with E-state index in [1.165, 1.54) is 18.4 Å². The lowest BCUT2D eigenvalue weighted by atomic mass is 9.93. The highest BCUT2D eigenvalue weighted by molar-refractivity contribution is 5.83. The summed E-state index contributed by atoms with van der Waals surface area (Å²) in [5.74, 6) is 1.58. The molecular formula is C16H17N3O. The normalized spacial score (nSPS) is 20.9. The zero-order chi connectivity index (χ0) is 13.5. The molecule has 2 aliphatic rings. The van der Waals surface area contributed by atoms with Crippen molar-refractivity contribution in [1.82, 2.24) is 14.8 Å². The van der Waals surface area contributed by atoms with Gasteiger partial charge in [-0.3, -0.25) is 4.79 Å². The van der Waals surface area contributed by atoms with Crippen LogP contribution in [0.5, 0.6) is 0 Å². The lowest BCUT2D eigenvalue weighted by molar-refractivity contribution is -0.123. The fourth-order valence-electron chi connectivity index (χ4n) is 3.62. The Balaban J connectivity index is 1.66. The number of aromatic nitrogens is 3. The second-order valence-corrected chi connectivity index (χ2v) is 5.82. The van der Waals surface area contributed by atoms with E-state index in [0.717, 1.165) is 24.2 Å². The van der Waals surface area contributed by atoms with Gasteiger partial charge in [0.25, 0.3) is 0 Å². The molecular weight excluding hydrogens is 250 g/mol. The molecule has 0 N–H and O–H groups in total. The van der Waals surface area contributed by atoms with Crippen molar-refractivity contribution in [3.8, 4) is 11.4 Å². The van der Waals surface area contributed by atoms with Gasteiger partial charge in [-0.1, -0.05) is 37.1 Å². The van der Waals surface area contributed by atoms with Gasteiger partial charge < -0.3 is 4.57 Å². The minimum absolute atomic E-state index is 0.0873. The van der Waals surface area contributed by atoms with Gasteiger partial charge in [0.2, 0.25) is 0 Å². The van der Waals surface area contributed by atoms with Gasteiger partial charge in [0.15, 0.2) is 5.82 Å². The summed E-state index contributed by atoms with van der Waals surface area (Å²) in [4.78, 5) is 12.5. The number of rotatable bonds is 3. The van der Waals surface area contributed by atoms with Gasteiger partial charge in [0, 0.05) is 17.9 Å². The highest BCUT2D eigenvalue weighted by atomic mass is 16.1.